The highest BCUT2D eigenvalue weighted by Gasteiger charge is 2.14. The Kier molecular flexibility index (Phi) is 3.65. The van der Waals surface area contributed by atoms with E-state index in [9.17, 15) is 9.90 Å². The summed E-state index contributed by atoms with van der Waals surface area (Å²) in [7, 11) is 1.34. The number of aromatic nitrogens is 2. The molecule has 6 nitrogen and oxygen atoms in total. The first kappa shape index (κ1) is 13.9. The summed E-state index contributed by atoms with van der Waals surface area (Å²) < 4.78 is 12.1. The van der Waals surface area contributed by atoms with Crippen molar-refractivity contribution in [2.75, 3.05) is 7.11 Å². The second-order valence-corrected chi connectivity index (χ2v) is 4.63. The highest BCUT2D eigenvalue weighted by atomic mass is 16.5. The van der Waals surface area contributed by atoms with Gasteiger partial charge >= 0.3 is 5.97 Å². The van der Waals surface area contributed by atoms with Crippen LogP contribution < -0.4 is 4.74 Å². The molecule has 1 N–H and O–H groups in total. The van der Waals surface area contributed by atoms with Crippen LogP contribution in [0, 0.1) is 0 Å². The molecular formula is C16H14N2O4. The lowest BCUT2D eigenvalue weighted by Gasteiger charge is -2.09. The Morgan fingerprint density at radius 1 is 1.23 bits per heavy atom. The number of hydrogen-bond acceptors (Lipinski definition) is 5. The second-order valence-electron chi connectivity index (χ2n) is 4.63. The molecule has 0 unspecified atom stereocenters. The number of benzene rings is 1. The van der Waals surface area contributed by atoms with Gasteiger partial charge in [0.05, 0.1) is 19.0 Å². The van der Waals surface area contributed by atoms with Gasteiger partial charge in [-0.15, -0.1) is 0 Å². The Labute approximate surface area is 126 Å². The summed E-state index contributed by atoms with van der Waals surface area (Å²) in [5.41, 5.74) is 1.76. The number of carbonyl (C=O) groups excluding carboxylic acids is 1. The van der Waals surface area contributed by atoms with E-state index in [2.05, 4.69) is 4.98 Å². The monoisotopic (exact) mass is 298 g/mol. The predicted molar refractivity (Wildman–Crippen MR) is 79.0 cm³/mol. The number of ether oxygens (including phenoxy) is 2. The second kappa shape index (κ2) is 5.77. The molecule has 0 fully saturated rings. The SMILES string of the molecule is COC(=O)c1cccc2ncc(COc3ccc(O)cc3)n12. The van der Waals surface area contributed by atoms with E-state index in [1.54, 1.807) is 53.1 Å². The van der Waals surface area contributed by atoms with E-state index in [1.165, 1.54) is 7.11 Å². The van der Waals surface area contributed by atoms with Gasteiger partial charge in [0.2, 0.25) is 0 Å². The smallest absolute Gasteiger partial charge is 0.355 e. The summed E-state index contributed by atoms with van der Waals surface area (Å²) >= 11 is 0. The number of nitrogens with zero attached hydrogens (tertiary/aromatic N) is 2. The van der Waals surface area contributed by atoms with Crippen molar-refractivity contribution in [2.45, 2.75) is 6.61 Å². The van der Waals surface area contributed by atoms with E-state index in [4.69, 9.17) is 9.47 Å². The van der Waals surface area contributed by atoms with Crippen molar-refractivity contribution in [2.24, 2.45) is 0 Å². The molecule has 2 aromatic heterocycles. The van der Waals surface area contributed by atoms with Gasteiger partial charge in [0, 0.05) is 0 Å². The molecule has 0 radical (unpaired) electrons. The van der Waals surface area contributed by atoms with Gasteiger partial charge < -0.3 is 14.6 Å². The predicted octanol–water partition coefficient (Wildman–Crippen LogP) is 2.41. The van der Waals surface area contributed by atoms with Crippen LogP contribution in [0.5, 0.6) is 11.5 Å². The fourth-order valence-corrected chi connectivity index (χ4v) is 2.16. The molecule has 1 aromatic carbocycles. The standard InChI is InChI=1S/C16H14N2O4/c1-21-16(20)14-3-2-4-15-17-9-11(18(14)15)10-22-13-7-5-12(19)6-8-13/h2-9,19H,10H2,1H3. The third kappa shape index (κ3) is 2.58. The van der Waals surface area contributed by atoms with Crippen LogP contribution >= 0.6 is 0 Å². The zero-order valence-electron chi connectivity index (χ0n) is 11.9. The van der Waals surface area contributed by atoms with Crippen molar-refractivity contribution in [3.63, 3.8) is 0 Å². The molecular weight excluding hydrogens is 284 g/mol. The molecule has 2 heterocycles. The number of carbonyl (C=O) groups is 1. The minimum absolute atomic E-state index is 0.176. The van der Waals surface area contributed by atoms with Gasteiger partial charge in [-0.05, 0) is 36.4 Å². The minimum Gasteiger partial charge on any atom is -0.508 e. The van der Waals surface area contributed by atoms with Gasteiger partial charge in [0.15, 0.2) is 0 Å². The summed E-state index contributed by atoms with van der Waals surface area (Å²) in [6, 6.07) is 11.6. The fraction of sp³-hybridized carbons (Fsp3) is 0.125. The number of imidazole rings is 1. The van der Waals surface area contributed by atoms with E-state index in [0.29, 0.717) is 17.1 Å². The Morgan fingerprint density at radius 3 is 2.73 bits per heavy atom. The highest BCUT2D eigenvalue weighted by molar-refractivity contribution is 5.88. The average molecular weight is 298 g/mol. The van der Waals surface area contributed by atoms with Gasteiger partial charge in [0.1, 0.15) is 29.4 Å². The van der Waals surface area contributed by atoms with Crippen molar-refractivity contribution in [1.29, 1.82) is 0 Å². The van der Waals surface area contributed by atoms with Gasteiger partial charge in [-0.1, -0.05) is 6.07 Å². The van der Waals surface area contributed by atoms with E-state index < -0.39 is 5.97 Å². The Balaban J connectivity index is 1.90. The Bertz CT molecular complexity index is 809. The molecule has 0 aliphatic carbocycles. The molecule has 3 aromatic rings. The number of rotatable bonds is 4. The van der Waals surface area contributed by atoms with Crippen LogP contribution in [0.4, 0.5) is 0 Å². The molecule has 0 amide bonds. The molecule has 0 bridgehead atoms. The van der Waals surface area contributed by atoms with Crippen LogP contribution in [0.2, 0.25) is 0 Å². The highest BCUT2D eigenvalue weighted by Crippen LogP contribution is 2.18. The number of phenols is 1. The van der Waals surface area contributed by atoms with Crippen molar-refractivity contribution in [3.05, 3.63) is 60.0 Å². The molecule has 22 heavy (non-hydrogen) atoms. The van der Waals surface area contributed by atoms with Gasteiger partial charge in [-0.3, -0.25) is 4.40 Å². The summed E-state index contributed by atoms with van der Waals surface area (Å²) in [5.74, 6) is 0.355. The average Bonchev–Trinajstić information content (AvgIpc) is 2.97. The van der Waals surface area contributed by atoms with E-state index in [-0.39, 0.29) is 12.4 Å². The topological polar surface area (TPSA) is 73.1 Å². The van der Waals surface area contributed by atoms with Crippen LogP contribution in [0.1, 0.15) is 16.2 Å². The van der Waals surface area contributed by atoms with Gasteiger partial charge in [0.25, 0.3) is 0 Å². The quantitative estimate of drug-likeness (QED) is 0.749. The number of hydrogen-bond donors (Lipinski definition) is 1. The molecule has 0 atom stereocenters. The van der Waals surface area contributed by atoms with Crippen LogP contribution in [0.25, 0.3) is 5.65 Å². The van der Waals surface area contributed by atoms with E-state index >= 15 is 0 Å². The van der Waals surface area contributed by atoms with Crippen molar-refractivity contribution >= 4 is 11.6 Å². The van der Waals surface area contributed by atoms with E-state index in [1.807, 2.05) is 0 Å². The number of methoxy groups -OCH3 is 1. The third-order valence-electron chi connectivity index (χ3n) is 3.22. The zero-order valence-corrected chi connectivity index (χ0v) is 11.9. The summed E-state index contributed by atoms with van der Waals surface area (Å²) in [6.45, 7) is 0.236. The lowest BCUT2D eigenvalue weighted by Crippen LogP contribution is -2.10. The normalized spacial score (nSPS) is 10.6. The third-order valence-corrected chi connectivity index (χ3v) is 3.22. The van der Waals surface area contributed by atoms with Crippen LogP contribution in [0.3, 0.4) is 0 Å². The molecule has 0 spiro atoms. The number of fused-ring (bicyclic) bond motifs is 1. The lowest BCUT2D eigenvalue weighted by molar-refractivity contribution is 0.0591. The van der Waals surface area contributed by atoms with E-state index in [0.717, 1.165) is 5.69 Å². The molecule has 0 aliphatic heterocycles. The van der Waals surface area contributed by atoms with Crippen molar-refractivity contribution < 1.29 is 19.4 Å². The molecule has 6 heteroatoms. The van der Waals surface area contributed by atoms with Crippen molar-refractivity contribution in [3.8, 4) is 11.5 Å². The molecule has 0 saturated carbocycles. The largest absolute Gasteiger partial charge is 0.508 e. The summed E-state index contributed by atoms with van der Waals surface area (Å²) in [4.78, 5) is 16.1. The zero-order chi connectivity index (χ0) is 15.5. The Morgan fingerprint density at radius 2 is 2.00 bits per heavy atom. The minimum atomic E-state index is -0.436. The summed E-state index contributed by atoms with van der Waals surface area (Å²) in [6.07, 6.45) is 1.65. The summed E-state index contributed by atoms with van der Waals surface area (Å²) in [5, 5.41) is 9.25. The number of pyridine rings is 1. The fourth-order valence-electron chi connectivity index (χ4n) is 2.16. The molecule has 3 rings (SSSR count). The van der Waals surface area contributed by atoms with Crippen LogP contribution in [0.15, 0.2) is 48.7 Å². The maximum atomic E-state index is 11.8. The van der Waals surface area contributed by atoms with Gasteiger partial charge in [-0.2, -0.15) is 0 Å². The van der Waals surface area contributed by atoms with Gasteiger partial charge in [-0.25, -0.2) is 9.78 Å². The maximum absolute atomic E-state index is 11.8. The number of esters is 1. The van der Waals surface area contributed by atoms with Crippen LogP contribution in [-0.2, 0) is 11.3 Å². The first-order valence-corrected chi connectivity index (χ1v) is 6.64. The van der Waals surface area contributed by atoms with Crippen LogP contribution in [-0.4, -0.2) is 27.6 Å². The van der Waals surface area contributed by atoms with Crippen molar-refractivity contribution in [1.82, 2.24) is 9.38 Å². The Hall–Kier alpha value is -3.02. The molecule has 0 aliphatic rings. The first-order valence-electron chi connectivity index (χ1n) is 6.64. The number of aromatic hydroxyl groups is 1. The first-order chi connectivity index (χ1) is 10.7. The maximum Gasteiger partial charge on any atom is 0.355 e. The lowest BCUT2D eigenvalue weighted by atomic mass is 10.3. The molecule has 0 saturated heterocycles. The molecule has 112 valence electrons. The number of phenolic OH excluding ortho intramolecular Hbond substituents is 1.